The Balaban J connectivity index is 1.33. The van der Waals surface area contributed by atoms with Gasteiger partial charge in [-0.15, -0.1) is 0 Å². The zero-order valence-electron chi connectivity index (χ0n) is 19.2. The summed E-state index contributed by atoms with van der Waals surface area (Å²) >= 11 is 0. The molecule has 0 aliphatic carbocycles. The Morgan fingerprint density at radius 3 is 2.91 bits per heavy atom. The van der Waals surface area contributed by atoms with Crippen LogP contribution in [0.2, 0.25) is 0 Å². The second-order valence-electron chi connectivity index (χ2n) is 8.43. The highest BCUT2D eigenvalue weighted by Gasteiger charge is 2.15. The third kappa shape index (κ3) is 4.97. The third-order valence-corrected chi connectivity index (χ3v) is 6.02. The van der Waals surface area contributed by atoms with Crippen molar-refractivity contribution in [1.82, 2.24) is 15.2 Å². The topological polar surface area (TPSA) is 118 Å². The van der Waals surface area contributed by atoms with Gasteiger partial charge in [-0.05, 0) is 47.5 Å². The number of fused-ring (bicyclic) bond motifs is 2. The lowest BCUT2D eigenvalue weighted by atomic mass is 9.99. The molecule has 1 fully saturated rings. The molecule has 0 radical (unpaired) electrons. The Morgan fingerprint density at radius 2 is 2.06 bits per heavy atom. The van der Waals surface area contributed by atoms with Crippen LogP contribution >= 0.6 is 0 Å². The Morgan fingerprint density at radius 1 is 1.20 bits per heavy atom. The number of nitrogens with two attached hydrogens (primary N) is 1. The van der Waals surface area contributed by atoms with Gasteiger partial charge in [0.05, 0.1) is 36.3 Å². The van der Waals surface area contributed by atoms with Crippen molar-refractivity contribution in [2.75, 3.05) is 18.5 Å². The standard InChI is InChI=1S/C27H27N5O3/c1-17(35-19-9-12-34-13-10-19)4-2-6-23(28)27(33)31-25-14-18(15-26-22(25)16-30-32-26)20-5-3-7-24-21(20)8-11-29-24/h2-8,11,14-16,19,29H,1,9-10,12-13,28H2,(H,30,32)(H,31,33)/b4-2-,23-6-. The SMILES string of the molecule is C=C(/C=C\C=C(/N)C(=O)Nc1cc(-c2cccc3[nH]ccc23)cc2[nH]ncc12)OC1CCOCC1. The van der Waals surface area contributed by atoms with Crippen molar-refractivity contribution in [2.24, 2.45) is 5.73 Å². The van der Waals surface area contributed by atoms with Gasteiger partial charge in [0.1, 0.15) is 11.9 Å². The van der Waals surface area contributed by atoms with Crippen molar-refractivity contribution in [3.8, 4) is 11.1 Å². The van der Waals surface area contributed by atoms with Gasteiger partial charge in [-0.2, -0.15) is 5.10 Å². The molecule has 2 aromatic heterocycles. The monoisotopic (exact) mass is 469 g/mol. The first kappa shape index (κ1) is 22.5. The molecule has 3 heterocycles. The number of amides is 1. The molecule has 0 saturated carbocycles. The van der Waals surface area contributed by atoms with Crippen molar-refractivity contribution < 1.29 is 14.3 Å². The van der Waals surface area contributed by atoms with Gasteiger partial charge < -0.3 is 25.5 Å². The summed E-state index contributed by atoms with van der Waals surface area (Å²) in [5.74, 6) is 0.109. The smallest absolute Gasteiger partial charge is 0.271 e. The number of H-pyrrole nitrogens is 2. The van der Waals surface area contributed by atoms with E-state index in [1.165, 1.54) is 6.08 Å². The van der Waals surface area contributed by atoms with Crippen LogP contribution in [0.4, 0.5) is 5.69 Å². The lowest BCUT2D eigenvalue weighted by Gasteiger charge is -2.23. The van der Waals surface area contributed by atoms with Crippen LogP contribution in [0.3, 0.4) is 0 Å². The largest absolute Gasteiger partial charge is 0.491 e. The number of hydrogen-bond donors (Lipinski definition) is 4. The zero-order valence-corrected chi connectivity index (χ0v) is 19.2. The molecule has 8 nitrogen and oxygen atoms in total. The van der Waals surface area contributed by atoms with E-state index in [1.54, 1.807) is 18.3 Å². The fourth-order valence-corrected chi connectivity index (χ4v) is 4.22. The first-order valence-corrected chi connectivity index (χ1v) is 11.5. The lowest BCUT2D eigenvalue weighted by Crippen LogP contribution is -2.22. The molecular weight excluding hydrogens is 442 g/mol. The van der Waals surface area contributed by atoms with Gasteiger partial charge in [0.15, 0.2) is 0 Å². The van der Waals surface area contributed by atoms with Crippen molar-refractivity contribution in [3.05, 3.63) is 85.1 Å². The van der Waals surface area contributed by atoms with Crippen LogP contribution < -0.4 is 11.1 Å². The van der Waals surface area contributed by atoms with Gasteiger partial charge in [0.25, 0.3) is 5.91 Å². The molecule has 2 aromatic carbocycles. The normalized spacial score (nSPS) is 15.1. The number of nitrogens with one attached hydrogen (secondary N) is 3. The van der Waals surface area contributed by atoms with Gasteiger partial charge in [-0.1, -0.05) is 24.8 Å². The molecule has 1 saturated heterocycles. The summed E-state index contributed by atoms with van der Waals surface area (Å²) in [5, 5.41) is 12.0. The van der Waals surface area contributed by atoms with Gasteiger partial charge in [-0.25, -0.2) is 0 Å². The van der Waals surface area contributed by atoms with Gasteiger partial charge in [-0.3, -0.25) is 9.89 Å². The lowest BCUT2D eigenvalue weighted by molar-refractivity contribution is -0.112. The number of carbonyl (C=O) groups excluding carboxylic acids is 1. The first-order valence-electron chi connectivity index (χ1n) is 11.5. The van der Waals surface area contributed by atoms with Gasteiger partial charge in [0, 0.05) is 35.3 Å². The molecule has 8 heteroatoms. The maximum Gasteiger partial charge on any atom is 0.271 e. The summed E-state index contributed by atoms with van der Waals surface area (Å²) in [6.07, 6.45) is 10.3. The Bertz CT molecular complexity index is 1440. The quantitative estimate of drug-likeness (QED) is 0.177. The number of carbonyl (C=O) groups is 1. The average molecular weight is 470 g/mol. The summed E-state index contributed by atoms with van der Waals surface area (Å²) in [7, 11) is 0. The molecule has 1 aliphatic rings. The van der Waals surface area contributed by atoms with Crippen LogP contribution in [-0.4, -0.2) is 40.4 Å². The summed E-state index contributed by atoms with van der Waals surface area (Å²) in [4.78, 5) is 16.1. The summed E-state index contributed by atoms with van der Waals surface area (Å²) in [6.45, 7) is 5.30. The molecule has 1 amide bonds. The van der Waals surface area contributed by atoms with Crippen LogP contribution in [-0.2, 0) is 14.3 Å². The van der Waals surface area contributed by atoms with Crippen molar-refractivity contribution in [3.63, 3.8) is 0 Å². The Labute approximate surface area is 202 Å². The highest BCUT2D eigenvalue weighted by atomic mass is 16.5. The van der Waals surface area contributed by atoms with Gasteiger partial charge in [0.2, 0.25) is 0 Å². The molecule has 1 aliphatic heterocycles. The average Bonchev–Trinajstić information content (AvgIpc) is 3.54. The third-order valence-electron chi connectivity index (χ3n) is 6.02. The maximum absolute atomic E-state index is 12.8. The number of ether oxygens (including phenoxy) is 2. The highest BCUT2D eigenvalue weighted by molar-refractivity contribution is 6.09. The minimum Gasteiger partial charge on any atom is -0.491 e. The van der Waals surface area contributed by atoms with E-state index in [0.717, 1.165) is 45.8 Å². The van der Waals surface area contributed by atoms with Crippen LogP contribution in [0.25, 0.3) is 32.9 Å². The van der Waals surface area contributed by atoms with Crippen molar-refractivity contribution in [2.45, 2.75) is 18.9 Å². The minimum atomic E-state index is -0.412. The van der Waals surface area contributed by atoms with E-state index >= 15 is 0 Å². The summed E-state index contributed by atoms with van der Waals surface area (Å²) < 4.78 is 11.1. The predicted molar refractivity (Wildman–Crippen MR) is 137 cm³/mol. The van der Waals surface area contributed by atoms with Crippen molar-refractivity contribution >= 4 is 33.4 Å². The molecule has 4 aromatic rings. The number of aromatic nitrogens is 3. The number of anilines is 1. The van der Waals surface area contributed by atoms with E-state index in [-0.39, 0.29) is 11.8 Å². The van der Waals surface area contributed by atoms with Crippen LogP contribution in [0.5, 0.6) is 0 Å². The number of aromatic amines is 2. The fourth-order valence-electron chi connectivity index (χ4n) is 4.22. The maximum atomic E-state index is 12.8. The van der Waals surface area contributed by atoms with E-state index < -0.39 is 5.91 Å². The summed E-state index contributed by atoms with van der Waals surface area (Å²) in [6, 6.07) is 12.1. The van der Waals surface area contributed by atoms with E-state index in [1.807, 2.05) is 42.6 Å². The van der Waals surface area contributed by atoms with Crippen LogP contribution in [0, 0.1) is 0 Å². The van der Waals surface area contributed by atoms with Crippen molar-refractivity contribution in [1.29, 1.82) is 0 Å². The fraction of sp³-hybridized carbons (Fsp3) is 0.185. The van der Waals surface area contributed by atoms with E-state index in [4.69, 9.17) is 15.2 Å². The van der Waals surface area contributed by atoms with E-state index in [9.17, 15) is 4.79 Å². The Kier molecular flexibility index (Phi) is 6.36. The second kappa shape index (κ2) is 9.90. The first-order chi connectivity index (χ1) is 17.1. The molecule has 5 N–H and O–H groups in total. The minimum absolute atomic E-state index is 0.0647. The number of hydrogen-bond acceptors (Lipinski definition) is 5. The summed E-state index contributed by atoms with van der Waals surface area (Å²) in [5.41, 5.74) is 10.6. The molecule has 178 valence electrons. The molecule has 0 unspecified atom stereocenters. The number of nitrogens with zero attached hydrogens (tertiary/aromatic N) is 1. The van der Waals surface area contributed by atoms with Crippen LogP contribution in [0.15, 0.2) is 85.1 Å². The second-order valence-corrected chi connectivity index (χ2v) is 8.43. The number of rotatable bonds is 7. The molecule has 35 heavy (non-hydrogen) atoms. The molecule has 0 spiro atoms. The van der Waals surface area contributed by atoms with E-state index in [2.05, 4.69) is 27.1 Å². The van der Waals surface area contributed by atoms with E-state index in [0.29, 0.717) is 24.7 Å². The molecular formula is C27H27N5O3. The number of allylic oxidation sites excluding steroid dienone is 3. The molecule has 0 atom stereocenters. The van der Waals surface area contributed by atoms with Gasteiger partial charge >= 0.3 is 0 Å². The zero-order chi connectivity index (χ0) is 24.2. The van der Waals surface area contributed by atoms with Crippen LogP contribution in [0.1, 0.15) is 12.8 Å². The Hall–Kier alpha value is -4.30. The molecule has 0 bridgehead atoms. The number of benzene rings is 2. The predicted octanol–water partition coefficient (Wildman–Crippen LogP) is 4.76. The highest BCUT2D eigenvalue weighted by Crippen LogP contribution is 2.34. The molecule has 5 rings (SSSR count).